The number of aryl methyl sites for hydroxylation is 1. The molecule has 5 nitrogen and oxygen atoms in total. The van der Waals surface area contributed by atoms with E-state index in [0.717, 1.165) is 30.0 Å². The van der Waals surface area contributed by atoms with Crippen LogP contribution in [0.5, 0.6) is 5.75 Å². The first-order valence-corrected chi connectivity index (χ1v) is 9.86. The highest BCUT2D eigenvalue weighted by molar-refractivity contribution is 6.30. The molecule has 0 bridgehead atoms. The third-order valence-electron chi connectivity index (χ3n) is 4.89. The summed E-state index contributed by atoms with van der Waals surface area (Å²) in [4.78, 5) is 17.0. The number of fused-ring (bicyclic) bond motifs is 1. The van der Waals surface area contributed by atoms with Crippen molar-refractivity contribution >= 4 is 23.2 Å². The average Bonchev–Trinajstić information content (AvgIpc) is 3.13. The van der Waals surface area contributed by atoms with Crippen molar-refractivity contribution < 1.29 is 9.53 Å². The van der Waals surface area contributed by atoms with Gasteiger partial charge in [0.15, 0.2) is 6.10 Å². The molecule has 1 aromatic heterocycles. The number of amides is 1. The van der Waals surface area contributed by atoms with E-state index in [1.165, 1.54) is 18.5 Å². The Morgan fingerprint density at radius 3 is 2.82 bits per heavy atom. The Hall–Kier alpha value is -2.79. The standard InChI is InChI=1S/C22H22ClN3O2/c1-15(28-20-7-4-5-17(23)13-20)22(27)25-18-10-8-16(9-11-18)21-24-14-19-6-2-3-12-26(19)21/h4-5,7-11,13-15H,2-3,6,12H2,1H3,(H,25,27). The van der Waals surface area contributed by atoms with Crippen LogP contribution in [-0.2, 0) is 17.8 Å². The van der Waals surface area contributed by atoms with Crippen LogP contribution in [0.2, 0.25) is 5.02 Å². The highest BCUT2D eigenvalue weighted by atomic mass is 35.5. The highest BCUT2D eigenvalue weighted by Gasteiger charge is 2.17. The summed E-state index contributed by atoms with van der Waals surface area (Å²) in [5.41, 5.74) is 3.07. The molecule has 1 aliphatic heterocycles. The zero-order valence-electron chi connectivity index (χ0n) is 15.7. The van der Waals surface area contributed by atoms with Crippen LogP contribution < -0.4 is 10.1 Å². The summed E-state index contributed by atoms with van der Waals surface area (Å²) in [6.45, 7) is 2.73. The number of nitrogens with one attached hydrogen (secondary N) is 1. The van der Waals surface area contributed by atoms with Crippen molar-refractivity contribution in [3.05, 3.63) is 65.4 Å². The molecular weight excluding hydrogens is 374 g/mol. The Morgan fingerprint density at radius 1 is 1.21 bits per heavy atom. The van der Waals surface area contributed by atoms with E-state index in [4.69, 9.17) is 16.3 Å². The summed E-state index contributed by atoms with van der Waals surface area (Å²) in [5.74, 6) is 1.34. The van der Waals surface area contributed by atoms with Crippen molar-refractivity contribution in [2.75, 3.05) is 5.32 Å². The van der Waals surface area contributed by atoms with Gasteiger partial charge in [-0.1, -0.05) is 17.7 Å². The maximum Gasteiger partial charge on any atom is 0.265 e. The second-order valence-electron chi connectivity index (χ2n) is 6.97. The molecule has 3 aromatic rings. The van der Waals surface area contributed by atoms with Crippen LogP contribution in [0.4, 0.5) is 5.69 Å². The Morgan fingerprint density at radius 2 is 2.04 bits per heavy atom. The van der Waals surface area contributed by atoms with Crippen molar-refractivity contribution in [2.45, 2.75) is 38.8 Å². The maximum atomic E-state index is 12.4. The molecule has 1 amide bonds. The van der Waals surface area contributed by atoms with Crippen molar-refractivity contribution in [1.82, 2.24) is 9.55 Å². The number of imidazole rings is 1. The SMILES string of the molecule is CC(Oc1cccc(Cl)c1)C(=O)Nc1ccc(-c2ncc3n2CCCC3)cc1. The van der Waals surface area contributed by atoms with E-state index >= 15 is 0 Å². The van der Waals surface area contributed by atoms with Crippen LogP contribution in [-0.4, -0.2) is 21.6 Å². The molecule has 28 heavy (non-hydrogen) atoms. The fraction of sp³-hybridized carbons (Fsp3) is 0.273. The summed E-state index contributed by atoms with van der Waals surface area (Å²) in [6.07, 6.45) is 4.84. The third kappa shape index (κ3) is 4.04. The number of halogens is 1. The predicted octanol–water partition coefficient (Wildman–Crippen LogP) is 4.95. The fourth-order valence-corrected chi connectivity index (χ4v) is 3.59. The molecule has 0 aliphatic carbocycles. The second-order valence-corrected chi connectivity index (χ2v) is 7.40. The zero-order chi connectivity index (χ0) is 19.5. The number of rotatable bonds is 5. The van der Waals surface area contributed by atoms with Gasteiger partial charge in [0.25, 0.3) is 5.91 Å². The van der Waals surface area contributed by atoms with Crippen LogP contribution in [0.15, 0.2) is 54.7 Å². The minimum absolute atomic E-state index is 0.217. The average molecular weight is 396 g/mol. The number of anilines is 1. The molecule has 2 aromatic carbocycles. The molecule has 1 aliphatic rings. The largest absolute Gasteiger partial charge is 0.481 e. The van der Waals surface area contributed by atoms with Gasteiger partial charge in [-0.05, 0) is 68.7 Å². The first kappa shape index (κ1) is 18.6. The number of hydrogen-bond acceptors (Lipinski definition) is 3. The minimum atomic E-state index is -0.641. The molecule has 6 heteroatoms. The van der Waals surface area contributed by atoms with Crippen molar-refractivity contribution in [3.63, 3.8) is 0 Å². The van der Waals surface area contributed by atoms with E-state index < -0.39 is 6.10 Å². The lowest BCUT2D eigenvalue weighted by molar-refractivity contribution is -0.122. The highest BCUT2D eigenvalue weighted by Crippen LogP contribution is 2.26. The molecule has 1 atom stereocenters. The van der Waals surface area contributed by atoms with E-state index in [2.05, 4.69) is 14.9 Å². The first-order chi connectivity index (χ1) is 13.6. The number of ether oxygens (including phenoxy) is 1. The molecule has 4 rings (SSSR count). The van der Waals surface area contributed by atoms with E-state index in [1.54, 1.807) is 31.2 Å². The number of benzene rings is 2. The summed E-state index contributed by atoms with van der Waals surface area (Å²) >= 11 is 5.95. The fourth-order valence-electron chi connectivity index (χ4n) is 3.41. The quantitative estimate of drug-likeness (QED) is 0.665. The molecule has 0 saturated carbocycles. The van der Waals surface area contributed by atoms with Gasteiger partial charge in [0.2, 0.25) is 0 Å². The van der Waals surface area contributed by atoms with Gasteiger partial charge >= 0.3 is 0 Å². The van der Waals surface area contributed by atoms with Crippen LogP contribution in [0.3, 0.4) is 0 Å². The molecule has 0 fully saturated rings. The van der Waals surface area contributed by atoms with Crippen molar-refractivity contribution in [1.29, 1.82) is 0 Å². The lowest BCUT2D eigenvalue weighted by Gasteiger charge is -2.17. The van der Waals surface area contributed by atoms with Gasteiger partial charge in [-0.15, -0.1) is 0 Å². The molecule has 0 radical (unpaired) electrons. The Kier molecular flexibility index (Phi) is 5.35. The van der Waals surface area contributed by atoms with Crippen LogP contribution in [0.1, 0.15) is 25.5 Å². The van der Waals surface area contributed by atoms with Gasteiger partial charge in [0.05, 0.1) is 0 Å². The van der Waals surface area contributed by atoms with E-state index in [1.807, 2.05) is 30.5 Å². The Balaban J connectivity index is 1.41. The van der Waals surface area contributed by atoms with E-state index in [0.29, 0.717) is 10.8 Å². The van der Waals surface area contributed by atoms with Crippen molar-refractivity contribution in [3.8, 4) is 17.1 Å². The maximum absolute atomic E-state index is 12.4. The molecule has 0 spiro atoms. The number of nitrogens with zero attached hydrogens (tertiary/aromatic N) is 2. The zero-order valence-corrected chi connectivity index (χ0v) is 16.4. The monoisotopic (exact) mass is 395 g/mol. The summed E-state index contributed by atoms with van der Waals surface area (Å²) in [5, 5.41) is 3.46. The normalized spacial score (nSPS) is 14.2. The number of carbonyl (C=O) groups excluding carboxylic acids is 1. The number of hydrogen-bond donors (Lipinski definition) is 1. The first-order valence-electron chi connectivity index (χ1n) is 9.48. The van der Waals surface area contributed by atoms with Gasteiger partial charge in [0.1, 0.15) is 11.6 Å². The van der Waals surface area contributed by atoms with Gasteiger partial charge < -0.3 is 14.6 Å². The summed E-state index contributed by atoms with van der Waals surface area (Å²) in [7, 11) is 0. The molecule has 144 valence electrons. The molecule has 1 N–H and O–H groups in total. The second kappa shape index (κ2) is 8.07. The van der Waals surface area contributed by atoms with Gasteiger partial charge in [-0.2, -0.15) is 0 Å². The molecule has 0 saturated heterocycles. The predicted molar refractivity (Wildman–Crippen MR) is 111 cm³/mol. The van der Waals surface area contributed by atoms with Gasteiger partial charge in [0, 0.05) is 34.7 Å². The van der Waals surface area contributed by atoms with Gasteiger partial charge in [-0.3, -0.25) is 4.79 Å². The molecule has 1 unspecified atom stereocenters. The third-order valence-corrected chi connectivity index (χ3v) is 5.13. The van der Waals surface area contributed by atoms with E-state index in [-0.39, 0.29) is 5.91 Å². The smallest absolute Gasteiger partial charge is 0.265 e. The summed E-state index contributed by atoms with van der Waals surface area (Å²) in [6, 6.07) is 14.8. The minimum Gasteiger partial charge on any atom is -0.481 e. The topological polar surface area (TPSA) is 56.1 Å². The lowest BCUT2D eigenvalue weighted by Crippen LogP contribution is -2.30. The van der Waals surface area contributed by atoms with Crippen LogP contribution >= 0.6 is 11.6 Å². The van der Waals surface area contributed by atoms with Crippen LogP contribution in [0.25, 0.3) is 11.4 Å². The van der Waals surface area contributed by atoms with Crippen molar-refractivity contribution in [2.24, 2.45) is 0 Å². The van der Waals surface area contributed by atoms with Crippen LogP contribution in [0, 0.1) is 0 Å². The Bertz CT molecular complexity index is 982. The van der Waals surface area contributed by atoms with Gasteiger partial charge in [-0.25, -0.2) is 4.98 Å². The molecule has 2 heterocycles. The number of aromatic nitrogens is 2. The lowest BCUT2D eigenvalue weighted by atomic mass is 10.1. The Labute approximate surface area is 169 Å². The molecular formula is C22H22ClN3O2. The van der Waals surface area contributed by atoms with E-state index in [9.17, 15) is 4.79 Å². The number of carbonyl (C=O) groups is 1. The summed E-state index contributed by atoms with van der Waals surface area (Å²) < 4.78 is 7.95.